The average Bonchev–Trinajstić information content (AvgIpc) is 2.80. The maximum Gasteiger partial charge on any atom is 0.250 e. The van der Waals surface area contributed by atoms with Crippen molar-refractivity contribution in [1.82, 2.24) is 4.72 Å². The predicted octanol–water partition coefficient (Wildman–Crippen LogP) is 3.01. The number of benzene rings is 1. The molecular formula is C14H16BrNO3S2. The first-order valence-corrected chi connectivity index (χ1v) is 9.34. The number of aliphatic hydroxyl groups is 1. The lowest BCUT2D eigenvalue weighted by molar-refractivity contribution is 0.196. The van der Waals surface area contributed by atoms with Gasteiger partial charge in [0.25, 0.3) is 10.0 Å². The van der Waals surface area contributed by atoms with E-state index in [1.807, 2.05) is 25.1 Å². The van der Waals surface area contributed by atoms with Gasteiger partial charge in [-0.1, -0.05) is 30.3 Å². The van der Waals surface area contributed by atoms with E-state index in [2.05, 4.69) is 20.7 Å². The molecule has 7 heteroatoms. The van der Waals surface area contributed by atoms with E-state index in [9.17, 15) is 13.5 Å². The van der Waals surface area contributed by atoms with Crippen molar-refractivity contribution < 1.29 is 13.5 Å². The lowest BCUT2D eigenvalue weighted by Gasteiger charge is -2.28. The summed E-state index contributed by atoms with van der Waals surface area (Å²) in [6.45, 7) is 3.17. The van der Waals surface area contributed by atoms with Gasteiger partial charge in [-0.05, 0) is 47.0 Å². The zero-order chi connectivity index (χ0) is 15.7. The maximum atomic E-state index is 12.5. The van der Waals surface area contributed by atoms with Crippen molar-refractivity contribution in [2.45, 2.75) is 23.6 Å². The highest BCUT2D eigenvalue weighted by Crippen LogP contribution is 2.32. The fraction of sp³-hybridized carbons (Fsp3) is 0.286. The summed E-state index contributed by atoms with van der Waals surface area (Å²) in [5, 5.41) is 9.68. The van der Waals surface area contributed by atoms with Crippen LogP contribution in [0.2, 0.25) is 0 Å². The van der Waals surface area contributed by atoms with Crippen molar-refractivity contribution >= 4 is 37.3 Å². The number of sulfonamides is 1. The third-order valence-electron chi connectivity index (χ3n) is 3.19. The van der Waals surface area contributed by atoms with Crippen LogP contribution >= 0.6 is 27.3 Å². The van der Waals surface area contributed by atoms with Gasteiger partial charge in [-0.3, -0.25) is 0 Å². The van der Waals surface area contributed by atoms with Gasteiger partial charge in [0.15, 0.2) is 0 Å². The molecule has 1 atom stereocenters. The van der Waals surface area contributed by atoms with Crippen molar-refractivity contribution in [3.63, 3.8) is 0 Å². The molecule has 1 heterocycles. The molecular weight excluding hydrogens is 374 g/mol. The van der Waals surface area contributed by atoms with E-state index in [0.717, 1.165) is 20.7 Å². The predicted molar refractivity (Wildman–Crippen MR) is 88.0 cm³/mol. The third-order valence-corrected chi connectivity index (χ3v) is 7.39. The number of thiophene rings is 1. The first-order valence-electron chi connectivity index (χ1n) is 6.25. The summed E-state index contributed by atoms with van der Waals surface area (Å²) in [5.41, 5.74) is 0.513. The topological polar surface area (TPSA) is 66.4 Å². The van der Waals surface area contributed by atoms with Gasteiger partial charge in [0.05, 0.1) is 15.9 Å². The molecule has 1 aromatic heterocycles. The monoisotopic (exact) mass is 389 g/mol. The summed E-state index contributed by atoms with van der Waals surface area (Å²) in [7, 11) is -3.70. The zero-order valence-corrected chi connectivity index (χ0v) is 14.8. The van der Waals surface area contributed by atoms with E-state index in [1.165, 1.54) is 0 Å². The van der Waals surface area contributed by atoms with Gasteiger partial charge in [-0.2, -0.15) is 4.72 Å². The molecule has 2 rings (SSSR count). The summed E-state index contributed by atoms with van der Waals surface area (Å²) in [6, 6.07) is 10.6. The molecule has 2 N–H and O–H groups in total. The molecule has 2 aromatic rings. The Hall–Kier alpha value is -0.730. The molecule has 0 amide bonds. The number of hydrogen-bond acceptors (Lipinski definition) is 4. The van der Waals surface area contributed by atoms with Crippen LogP contribution in [0.1, 0.15) is 18.1 Å². The molecule has 21 heavy (non-hydrogen) atoms. The minimum Gasteiger partial charge on any atom is -0.394 e. The van der Waals surface area contributed by atoms with Gasteiger partial charge in [-0.15, -0.1) is 11.3 Å². The van der Waals surface area contributed by atoms with Crippen molar-refractivity contribution in [3.8, 4) is 0 Å². The number of hydrogen-bond donors (Lipinski definition) is 2. The molecule has 0 bridgehead atoms. The Labute approximate surface area is 137 Å². The number of aliphatic hydroxyl groups excluding tert-OH is 1. The smallest absolute Gasteiger partial charge is 0.250 e. The Morgan fingerprint density at radius 3 is 2.43 bits per heavy atom. The van der Waals surface area contributed by atoms with E-state index in [0.29, 0.717) is 5.56 Å². The van der Waals surface area contributed by atoms with Crippen LogP contribution in [0.4, 0.5) is 0 Å². The highest BCUT2D eigenvalue weighted by atomic mass is 79.9. The molecule has 1 unspecified atom stereocenters. The number of aryl methyl sites for hydroxylation is 1. The Kier molecular flexibility index (Phi) is 4.89. The zero-order valence-electron chi connectivity index (χ0n) is 11.6. The van der Waals surface area contributed by atoms with E-state index < -0.39 is 15.6 Å². The second kappa shape index (κ2) is 6.18. The molecule has 0 fully saturated rings. The van der Waals surface area contributed by atoms with Gasteiger partial charge >= 0.3 is 0 Å². The number of rotatable bonds is 5. The van der Waals surface area contributed by atoms with E-state index in [4.69, 9.17) is 0 Å². The van der Waals surface area contributed by atoms with Gasteiger partial charge in [0.1, 0.15) is 4.21 Å². The minimum atomic E-state index is -3.70. The first-order chi connectivity index (χ1) is 9.78. The van der Waals surface area contributed by atoms with Crippen molar-refractivity contribution in [2.75, 3.05) is 6.61 Å². The Bertz CT molecular complexity index is 708. The number of halogens is 1. The SMILES string of the molecule is Cc1cc(S(=O)(=O)NC(C)(CO)c2ccccc2)sc1Br. The number of nitrogens with one attached hydrogen (secondary N) is 1. The van der Waals surface area contributed by atoms with Crippen LogP contribution < -0.4 is 4.72 Å². The fourth-order valence-corrected chi connectivity index (χ4v) is 5.51. The molecule has 0 saturated heterocycles. The lowest BCUT2D eigenvalue weighted by Crippen LogP contribution is -2.46. The van der Waals surface area contributed by atoms with Crippen LogP contribution in [0, 0.1) is 6.92 Å². The van der Waals surface area contributed by atoms with E-state index >= 15 is 0 Å². The summed E-state index contributed by atoms with van der Waals surface area (Å²) < 4.78 is 28.6. The van der Waals surface area contributed by atoms with Crippen LogP contribution in [-0.2, 0) is 15.6 Å². The standard InChI is InChI=1S/C14H16BrNO3S2/c1-10-8-12(20-13(10)15)21(18,19)16-14(2,9-17)11-6-4-3-5-7-11/h3-8,16-17H,9H2,1-2H3. The molecule has 0 saturated carbocycles. The fourth-order valence-electron chi connectivity index (χ4n) is 1.90. The minimum absolute atomic E-state index is 0.225. The molecule has 4 nitrogen and oxygen atoms in total. The Morgan fingerprint density at radius 2 is 1.95 bits per heavy atom. The summed E-state index contributed by atoms with van der Waals surface area (Å²) in [5.74, 6) is 0. The average molecular weight is 390 g/mol. The first kappa shape index (κ1) is 16.6. The van der Waals surface area contributed by atoms with Crippen LogP contribution in [0.3, 0.4) is 0 Å². The molecule has 0 aliphatic rings. The normalized spacial score (nSPS) is 14.9. The van der Waals surface area contributed by atoms with Crippen molar-refractivity contribution in [3.05, 3.63) is 51.3 Å². The molecule has 1 aromatic carbocycles. The van der Waals surface area contributed by atoms with Gasteiger partial charge in [0.2, 0.25) is 0 Å². The highest BCUT2D eigenvalue weighted by Gasteiger charge is 2.32. The van der Waals surface area contributed by atoms with Crippen molar-refractivity contribution in [1.29, 1.82) is 0 Å². The largest absolute Gasteiger partial charge is 0.394 e. The van der Waals surface area contributed by atoms with E-state index in [1.54, 1.807) is 25.1 Å². The lowest BCUT2D eigenvalue weighted by atomic mass is 9.94. The van der Waals surface area contributed by atoms with E-state index in [-0.39, 0.29) is 10.8 Å². The molecule has 114 valence electrons. The van der Waals surface area contributed by atoms with Crippen LogP contribution in [0.15, 0.2) is 44.4 Å². The van der Waals surface area contributed by atoms with Crippen LogP contribution in [0.5, 0.6) is 0 Å². The van der Waals surface area contributed by atoms with Gasteiger partial charge in [-0.25, -0.2) is 8.42 Å². The molecule has 0 radical (unpaired) electrons. The molecule has 0 aliphatic carbocycles. The summed E-state index contributed by atoms with van der Waals surface area (Å²) >= 11 is 4.48. The highest BCUT2D eigenvalue weighted by molar-refractivity contribution is 9.11. The Balaban J connectivity index is 2.38. The Morgan fingerprint density at radius 1 is 1.33 bits per heavy atom. The summed E-state index contributed by atoms with van der Waals surface area (Å²) in [4.78, 5) is 0. The van der Waals surface area contributed by atoms with Crippen LogP contribution in [0.25, 0.3) is 0 Å². The van der Waals surface area contributed by atoms with Crippen molar-refractivity contribution in [2.24, 2.45) is 0 Å². The van der Waals surface area contributed by atoms with Crippen LogP contribution in [-0.4, -0.2) is 20.1 Å². The van der Waals surface area contributed by atoms with Gasteiger partial charge < -0.3 is 5.11 Å². The molecule has 0 spiro atoms. The molecule has 0 aliphatic heterocycles. The maximum absolute atomic E-state index is 12.5. The quantitative estimate of drug-likeness (QED) is 0.825. The third kappa shape index (κ3) is 3.54. The van der Waals surface area contributed by atoms with Gasteiger partial charge in [0, 0.05) is 0 Å². The summed E-state index contributed by atoms with van der Waals surface area (Å²) in [6.07, 6.45) is 0. The second-order valence-corrected chi connectivity index (χ2v) is 9.26. The second-order valence-electron chi connectivity index (χ2n) is 4.98.